The van der Waals surface area contributed by atoms with Crippen molar-refractivity contribution < 1.29 is 28.7 Å². The SMILES string of the molecule is COC(=O)c1cccc(C(=O)NNC(=O)c2ccc(C(=O)OC)c(-n3c(C)ccc3C)c2)c1. The van der Waals surface area contributed by atoms with Gasteiger partial charge < -0.3 is 14.0 Å². The lowest BCUT2D eigenvalue weighted by atomic mass is 10.1. The predicted octanol–water partition coefficient (Wildman–Crippen LogP) is 2.74. The van der Waals surface area contributed by atoms with Crippen LogP contribution in [-0.2, 0) is 9.47 Å². The smallest absolute Gasteiger partial charge is 0.339 e. The van der Waals surface area contributed by atoms with Crippen molar-refractivity contribution in [2.45, 2.75) is 13.8 Å². The van der Waals surface area contributed by atoms with E-state index in [1.807, 2.05) is 30.5 Å². The van der Waals surface area contributed by atoms with Crippen molar-refractivity contribution in [3.8, 4) is 5.69 Å². The number of esters is 2. The van der Waals surface area contributed by atoms with Crippen LogP contribution in [0.25, 0.3) is 5.69 Å². The van der Waals surface area contributed by atoms with E-state index in [1.54, 1.807) is 6.07 Å². The van der Waals surface area contributed by atoms with Crippen molar-refractivity contribution in [3.63, 3.8) is 0 Å². The molecule has 0 saturated carbocycles. The Labute approximate surface area is 190 Å². The Balaban J connectivity index is 1.83. The van der Waals surface area contributed by atoms with E-state index in [4.69, 9.17) is 4.74 Å². The zero-order chi connectivity index (χ0) is 24.1. The molecule has 0 radical (unpaired) electrons. The van der Waals surface area contributed by atoms with E-state index < -0.39 is 23.8 Å². The lowest BCUT2D eigenvalue weighted by molar-refractivity contribution is 0.0591. The van der Waals surface area contributed by atoms with Crippen molar-refractivity contribution >= 4 is 23.8 Å². The van der Waals surface area contributed by atoms with Gasteiger partial charge in [-0.15, -0.1) is 0 Å². The van der Waals surface area contributed by atoms with Gasteiger partial charge in [-0.25, -0.2) is 9.59 Å². The van der Waals surface area contributed by atoms with Gasteiger partial charge in [0.25, 0.3) is 11.8 Å². The van der Waals surface area contributed by atoms with Crippen LogP contribution >= 0.6 is 0 Å². The lowest BCUT2D eigenvalue weighted by Gasteiger charge is -2.15. The van der Waals surface area contributed by atoms with Crippen molar-refractivity contribution in [3.05, 3.63) is 88.2 Å². The van der Waals surface area contributed by atoms with Crippen LogP contribution in [0.3, 0.4) is 0 Å². The van der Waals surface area contributed by atoms with E-state index in [0.29, 0.717) is 11.3 Å². The molecule has 0 aliphatic rings. The van der Waals surface area contributed by atoms with E-state index in [9.17, 15) is 19.2 Å². The van der Waals surface area contributed by atoms with Gasteiger partial charge in [-0.3, -0.25) is 20.4 Å². The second-order valence-electron chi connectivity index (χ2n) is 7.16. The van der Waals surface area contributed by atoms with Crippen LogP contribution in [0.15, 0.2) is 54.6 Å². The highest BCUT2D eigenvalue weighted by Gasteiger charge is 2.19. The van der Waals surface area contributed by atoms with Crippen LogP contribution in [0.5, 0.6) is 0 Å². The standard InChI is InChI=1S/C24H23N3O6/c1-14-8-9-15(2)27(14)20-13-17(10-11-19(20)24(31)33-4)22(29)26-25-21(28)16-6-5-7-18(12-16)23(30)32-3/h5-13H,1-4H3,(H,25,28)(H,26,29). The summed E-state index contributed by atoms with van der Waals surface area (Å²) >= 11 is 0. The van der Waals surface area contributed by atoms with Crippen LogP contribution < -0.4 is 10.9 Å². The van der Waals surface area contributed by atoms with Crippen LogP contribution in [-0.4, -0.2) is 42.5 Å². The van der Waals surface area contributed by atoms with Crippen molar-refractivity contribution in [2.75, 3.05) is 14.2 Å². The summed E-state index contributed by atoms with van der Waals surface area (Å²) in [4.78, 5) is 49.1. The molecule has 0 fully saturated rings. The van der Waals surface area contributed by atoms with E-state index in [0.717, 1.165) is 11.4 Å². The van der Waals surface area contributed by atoms with Crippen LogP contribution in [0.2, 0.25) is 0 Å². The first kappa shape index (κ1) is 23.3. The summed E-state index contributed by atoms with van der Waals surface area (Å²) in [6.07, 6.45) is 0. The quantitative estimate of drug-likeness (QED) is 0.457. The van der Waals surface area contributed by atoms with Gasteiger partial charge in [0.05, 0.1) is 31.0 Å². The fourth-order valence-electron chi connectivity index (χ4n) is 3.35. The number of amides is 2. The highest BCUT2D eigenvalue weighted by Crippen LogP contribution is 2.23. The van der Waals surface area contributed by atoms with Gasteiger partial charge in [-0.2, -0.15) is 0 Å². The predicted molar refractivity (Wildman–Crippen MR) is 119 cm³/mol. The number of benzene rings is 2. The summed E-state index contributed by atoms with van der Waals surface area (Å²) in [5, 5.41) is 0. The molecule has 0 saturated heterocycles. The van der Waals surface area contributed by atoms with Crippen LogP contribution in [0.4, 0.5) is 0 Å². The summed E-state index contributed by atoms with van der Waals surface area (Å²) in [6.45, 7) is 3.76. The highest BCUT2D eigenvalue weighted by atomic mass is 16.5. The number of nitrogens with one attached hydrogen (secondary N) is 2. The molecule has 9 nitrogen and oxygen atoms in total. The van der Waals surface area contributed by atoms with Gasteiger partial charge in [-0.1, -0.05) is 6.07 Å². The minimum atomic E-state index is -0.613. The van der Waals surface area contributed by atoms with Crippen LogP contribution in [0.1, 0.15) is 52.8 Å². The first-order chi connectivity index (χ1) is 15.8. The number of rotatable bonds is 5. The average molecular weight is 449 g/mol. The summed E-state index contributed by atoms with van der Waals surface area (Å²) in [7, 11) is 2.53. The zero-order valence-electron chi connectivity index (χ0n) is 18.6. The van der Waals surface area contributed by atoms with E-state index in [-0.39, 0.29) is 16.7 Å². The molecule has 1 heterocycles. The Kier molecular flexibility index (Phi) is 6.92. The summed E-state index contributed by atoms with van der Waals surface area (Å²) in [6, 6.07) is 14.2. The summed E-state index contributed by atoms with van der Waals surface area (Å²) in [5.41, 5.74) is 7.76. The van der Waals surface area contributed by atoms with Crippen molar-refractivity contribution in [1.29, 1.82) is 0 Å². The molecule has 0 spiro atoms. The van der Waals surface area contributed by atoms with Gasteiger partial charge in [0.15, 0.2) is 0 Å². The summed E-state index contributed by atoms with van der Waals surface area (Å²) in [5.74, 6) is -2.32. The molecule has 0 bridgehead atoms. The van der Waals surface area contributed by atoms with Crippen molar-refractivity contribution in [2.24, 2.45) is 0 Å². The van der Waals surface area contributed by atoms with Gasteiger partial charge in [0.1, 0.15) is 0 Å². The first-order valence-corrected chi connectivity index (χ1v) is 9.93. The molecular formula is C24H23N3O6. The fourth-order valence-corrected chi connectivity index (χ4v) is 3.35. The number of aromatic nitrogens is 1. The molecule has 0 aliphatic carbocycles. The van der Waals surface area contributed by atoms with Crippen LogP contribution in [0, 0.1) is 13.8 Å². The lowest BCUT2D eigenvalue weighted by Crippen LogP contribution is -2.41. The molecule has 1 aromatic heterocycles. The second-order valence-corrected chi connectivity index (χ2v) is 7.16. The second kappa shape index (κ2) is 9.82. The Morgan fingerprint density at radius 2 is 1.24 bits per heavy atom. The van der Waals surface area contributed by atoms with E-state index in [2.05, 4.69) is 15.6 Å². The molecule has 170 valence electrons. The first-order valence-electron chi connectivity index (χ1n) is 9.93. The molecule has 0 unspecified atom stereocenters. The maximum Gasteiger partial charge on any atom is 0.339 e. The largest absolute Gasteiger partial charge is 0.465 e. The molecule has 0 atom stereocenters. The molecule has 3 aromatic rings. The summed E-state index contributed by atoms with van der Waals surface area (Å²) < 4.78 is 11.4. The molecule has 9 heteroatoms. The number of hydrogen-bond donors (Lipinski definition) is 2. The van der Waals surface area contributed by atoms with Crippen molar-refractivity contribution in [1.82, 2.24) is 15.4 Å². The topological polar surface area (TPSA) is 116 Å². The third-order valence-electron chi connectivity index (χ3n) is 5.01. The maximum atomic E-state index is 12.7. The van der Waals surface area contributed by atoms with Gasteiger partial charge in [0, 0.05) is 22.5 Å². The third-order valence-corrected chi connectivity index (χ3v) is 5.01. The number of hydrazine groups is 1. The zero-order valence-corrected chi connectivity index (χ0v) is 18.6. The molecule has 33 heavy (non-hydrogen) atoms. The third kappa shape index (κ3) is 4.93. The highest BCUT2D eigenvalue weighted by molar-refractivity contribution is 6.02. The van der Waals surface area contributed by atoms with Gasteiger partial charge in [-0.05, 0) is 62.4 Å². The monoisotopic (exact) mass is 449 g/mol. The van der Waals surface area contributed by atoms with E-state index >= 15 is 0 Å². The minimum Gasteiger partial charge on any atom is -0.465 e. The Morgan fingerprint density at radius 1 is 0.697 bits per heavy atom. The van der Waals surface area contributed by atoms with Gasteiger partial charge >= 0.3 is 11.9 Å². The number of hydrogen-bond acceptors (Lipinski definition) is 6. The minimum absolute atomic E-state index is 0.165. The number of carbonyl (C=O) groups is 4. The number of carbonyl (C=O) groups excluding carboxylic acids is 4. The molecule has 2 amide bonds. The Morgan fingerprint density at radius 3 is 1.82 bits per heavy atom. The maximum absolute atomic E-state index is 12.7. The average Bonchev–Trinajstić information content (AvgIpc) is 3.18. The number of aryl methyl sites for hydroxylation is 2. The number of ether oxygens (including phenoxy) is 2. The number of nitrogens with zero attached hydrogens (tertiary/aromatic N) is 1. The fraction of sp³-hybridized carbons (Fsp3) is 0.167. The van der Waals surface area contributed by atoms with Gasteiger partial charge in [0.2, 0.25) is 0 Å². The molecule has 0 aliphatic heterocycles. The molecule has 2 N–H and O–H groups in total. The molecule has 3 rings (SSSR count). The molecular weight excluding hydrogens is 426 g/mol. The Hall–Kier alpha value is -4.40. The normalized spacial score (nSPS) is 10.3. The van der Waals surface area contributed by atoms with E-state index in [1.165, 1.54) is 50.6 Å². The number of methoxy groups -OCH3 is 2. The molecule has 2 aromatic carbocycles. The Bertz CT molecular complexity index is 1230.